The SMILES string of the molecule is CCCCS/C=C\Cl. The maximum absolute atomic E-state index is 5.28. The molecule has 0 saturated carbocycles. The molecule has 0 unspecified atom stereocenters. The van der Waals surface area contributed by atoms with Gasteiger partial charge in [-0.05, 0) is 17.6 Å². The molecule has 0 nitrogen and oxygen atoms in total. The minimum Gasteiger partial charge on any atom is -0.133 e. The smallest absolute Gasteiger partial charge is 0.0106 e. The maximum atomic E-state index is 5.28. The van der Waals surface area contributed by atoms with Crippen LogP contribution in [0.1, 0.15) is 19.8 Å². The molecular formula is C6H11ClS. The van der Waals surface area contributed by atoms with E-state index < -0.39 is 0 Å². The summed E-state index contributed by atoms with van der Waals surface area (Å²) in [6, 6.07) is 0. The lowest BCUT2D eigenvalue weighted by Crippen LogP contribution is -1.71. The predicted molar refractivity (Wildman–Crippen MR) is 42.4 cm³/mol. The van der Waals surface area contributed by atoms with Gasteiger partial charge in [0.05, 0.1) is 0 Å². The molecule has 0 aromatic heterocycles. The monoisotopic (exact) mass is 150 g/mol. The summed E-state index contributed by atoms with van der Waals surface area (Å²) in [5.74, 6) is 1.19. The second kappa shape index (κ2) is 7.38. The quantitative estimate of drug-likeness (QED) is 0.555. The molecule has 0 spiro atoms. The highest BCUT2D eigenvalue weighted by atomic mass is 35.5. The van der Waals surface area contributed by atoms with Crippen LogP contribution < -0.4 is 0 Å². The van der Waals surface area contributed by atoms with Crippen molar-refractivity contribution in [1.29, 1.82) is 0 Å². The number of halogens is 1. The van der Waals surface area contributed by atoms with E-state index in [0.717, 1.165) is 0 Å². The van der Waals surface area contributed by atoms with E-state index in [-0.39, 0.29) is 0 Å². The molecule has 0 atom stereocenters. The molecule has 0 fully saturated rings. The number of unbranched alkanes of at least 4 members (excludes halogenated alkanes) is 1. The molecule has 0 bridgehead atoms. The van der Waals surface area contributed by atoms with E-state index in [9.17, 15) is 0 Å². The Labute approximate surface area is 60.3 Å². The molecular weight excluding hydrogens is 140 g/mol. The van der Waals surface area contributed by atoms with Gasteiger partial charge >= 0.3 is 0 Å². The fourth-order valence-corrected chi connectivity index (χ4v) is 1.21. The summed E-state index contributed by atoms with van der Waals surface area (Å²) >= 11 is 7.04. The lowest BCUT2D eigenvalue weighted by molar-refractivity contribution is 0.898. The molecule has 0 aromatic rings. The van der Waals surface area contributed by atoms with Gasteiger partial charge in [-0.15, -0.1) is 11.8 Å². The molecule has 8 heavy (non-hydrogen) atoms. The van der Waals surface area contributed by atoms with Crippen molar-refractivity contribution in [2.75, 3.05) is 5.75 Å². The van der Waals surface area contributed by atoms with E-state index in [2.05, 4.69) is 6.92 Å². The first-order valence-corrected chi connectivity index (χ1v) is 4.27. The Hall–Kier alpha value is 0.380. The molecule has 0 aliphatic carbocycles. The van der Waals surface area contributed by atoms with Crippen molar-refractivity contribution in [3.05, 3.63) is 10.9 Å². The zero-order chi connectivity index (χ0) is 6.24. The van der Waals surface area contributed by atoms with Crippen LogP contribution in [0.15, 0.2) is 10.9 Å². The van der Waals surface area contributed by atoms with Gasteiger partial charge in [0.1, 0.15) is 0 Å². The van der Waals surface area contributed by atoms with E-state index in [1.165, 1.54) is 18.6 Å². The van der Waals surface area contributed by atoms with Crippen LogP contribution in [0.3, 0.4) is 0 Å². The number of hydrogen-bond acceptors (Lipinski definition) is 1. The van der Waals surface area contributed by atoms with Crippen molar-refractivity contribution in [3.8, 4) is 0 Å². The molecule has 0 aliphatic rings. The molecule has 0 rings (SSSR count). The minimum atomic E-state index is 1.19. The Morgan fingerprint density at radius 3 is 2.88 bits per heavy atom. The average Bonchev–Trinajstić information content (AvgIpc) is 1.81. The van der Waals surface area contributed by atoms with Crippen LogP contribution in [-0.2, 0) is 0 Å². The van der Waals surface area contributed by atoms with E-state index in [1.54, 1.807) is 17.3 Å². The first kappa shape index (κ1) is 8.38. The fraction of sp³-hybridized carbons (Fsp3) is 0.667. The lowest BCUT2D eigenvalue weighted by atomic mass is 10.4. The van der Waals surface area contributed by atoms with Crippen LogP contribution in [0.25, 0.3) is 0 Å². The van der Waals surface area contributed by atoms with Crippen molar-refractivity contribution in [2.45, 2.75) is 19.8 Å². The highest BCUT2D eigenvalue weighted by molar-refractivity contribution is 8.02. The second-order valence-electron chi connectivity index (χ2n) is 1.49. The normalized spacial score (nSPS) is 10.8. The van der Waals surface area contributed by atoms with E-state index >= 15 is 0 Å². The third kappa shape index (κ3) is 6.38. The molecule has 0 radical (unpaired) electrons. The molecule has 0 saturated heterocycles. The molecule has 0 N–H and O–H groups in total. The van der Waals surface area contributed by atoms with E-state index in [4.69, 9.17) is 11.6 Å². The third-order valence-electron chi connectivity index (χ3n) is 0.763. The predicted octanol–water partition coefficient (Wildman–Crippen LogP) is 3.23. The van der Waals surface area contributed by atoms with Gasteiger partial charge in [0.2, 0.25) is 0 Å². The summed E-state index contributed by atoms with van der Waals surface area (Å²) in [5.41, 5.74) is 1.56. The third-order valence-corrected chi connectivity index (χ3v) is 1.89. The molecule has 0 amide bonds. The average molecular weight is 151 g/mol. The number of hydrogen-bond donors (Lipinski definition) is 0. The summed E-state index contributed by atoms with van der Waals surface area (Å²) in [7, 11) is 0. The maximum Gasteiger partial charge on any atom is 0.0106 e. The molecule has 0 aromatic carbocycles. The highest BCUT2D eigenvalue weighted by Gasteiger charge is 1.79. The molecule has 2 heteroatoms. The van der Waals surface area contributed by atoms with E-state index in [0.29, 0.717) is 0 Å². The Bertz CT molecular complexity index is 61.5. The molecule has 0 heterocycles. The Morgan fingerprint density at radius 1 is 1.62 bits per heavy atom. The molecule has 0 aliphatic heterocycles. The lowest BCUT2D eigenvalue weighted by Gasteiger charge is -1.88. The first-order chi connectivity index (χ1) is 3.91. The summed E-state index contributed by atoms with van der Waals surface area (Å²) in [6.45, 7) is 2.19. The fourth-order valence-electron chi connectivity index (χ4n) is 0.332. The number of rotatable bonds is 4. The van der Waals surface area contributed by atoms with Gasteiger partial charge in [-0.3, -0.25) is 0 Å². The Kier molecular flexibility index (Phi) is 7.73. The Balaban J connectivity index is 2.72. The summed E-state index contributed by atoms with van der Waals surface area (Å²) < 4.78 is 0. The van der Waals surface area contributed by atoms with Gasteiger partial charge in [-0.1, -0.05) is 24.9 Å². The van der Waals surface area contributed by atoms with Crippen molar-refractivity contribution >= 4 is 23.4 Å². The van der Waals surface area contributed by atoms with E-state index in [1.807, 2.05) is 5.41 Å². The van der Waals surface area contributed by atoms with Gasteiger partial charge in [0, 0.05) is 5.54 Å². The largest absolute Gasteiger partial charge is 0.133 e. The van der Waals surface area contributed by atoms with Crippen LogP contribution in [-0.4, -0.2) is 5.75 Å². The van der Waals surface area contributed by atoms with Crippen molar-refractivity contribution < 1.29 is 0 Å². The first-order valence-electron chi connectivity index (χ1n) is 2.78. The van der Waals surface area contributed by atoms with Gasteiger partial charge < -0.3 is 0 Å². The van der Waals surface area contributed by atoms with Gasteiger partial charge in [0.25, 0.3) is 0 Å². The summed E-state index contributed by atoms with van der Waals surface area (Å²) in [5, 5.41) is 1.91. The second-order valence-corrected chi connectivity index (χ2v) is 2.75. The van der Waals surface area contributed by atoms with Crippen molar-refractivity contribution in [3.63, 3.8) is 0 Å². The van der Waals surface area contributed by atoms with Crippen LogP contribution in [0, 0.1) is 0 Å². The molecule has 48 valence electrons. The zero-order valence-corrected chi connectivity index (χ0v) is 6.63. The van der Waals surface area contributed by atoms with Crippen LogP contribution in [0.4, 0.5) is 0 Å². The van der Waals surface area contributed by atoms with Crippen LogP contribution >= 0.6 is 23.4 Å². The standard InChI is InChI=1S/C6H11ClS/c1-2-3-5-8-6-4-7/h4,6H,2-3,5H2,1H3/b6-4-. The van der Waals surface area contributed by atoms with Gasteiger partial charge in [-0.2, -0.15) is 0 Å². The van der Waals surface area contributed by atoms with Gasteiger partial charge in [-0.25, -0.2) is 0 Å². The van der Waals surface area contributed by atoms with Gasteiger partial charge in [0.15, 0.2) is 0 Å². The zero-order valence-electron chi connectivity index (χ0n) is 5.06. The van der Waals surface area contributed by atoms with Crippen molar-refractivity contribution in [2.24, 2.45) is 0 Å². The van der Waals surface area contributed by atoms with Crippen molar-refractivity contribution in [1.82, 2.24) is 0 Å². The van der Waals surface area contributed by atoms with Crippen LogP contribution in [0.5, 0.6) is 0 Å². The topological polar surface area (TPSA) is 0 Å². The summed E-state index contributed by atoms with van der Waals surface area (Å²) in [6.07, 6.45) is 2.55. The van der Waals surface area contributed by atoms with Crippen LogP contribution in [0.2, 0.25) is 0 Å². The highest BCUT2D eigenvalue weighted by Crippen LogP contribution is 2.05. The Morgan fingerprint density at radius 2 is 2.38 bits per heavy atom. The summed E-state index contributed by atoms with van der Waals surface area (Å²) in [4.78, 5) is 0. The number of thioether (sulfide) groups is 1. The minimum absolute atomic E-state index is 1.19.